The van der Waals surface area contributed by atoms with Gasteiger partial charge in [0.25, 0.3) is 0 Å². The molecule has 3 amide bonds. The molecular weight excluding hydrogens is 170 g/mol. The zero-order chi connectivity index (χ0) is 9.68. The molecule has 0 aromatic carbocycles. The Balaban J connectivity index is 2.20. The minimum atomic E-state index is -0.208. The fourth-order valence-corrected chi connectivity index (χ4v) is 1.34. The number of rotatable bonds is 2. The standard InChI is InChI=1S/C8H15N3O2/c1-9-8(13)10-5-6-3-2-4-7(12)11-6/h6H,2-5H2,1H3,(H,11,12)(H2,9,10,13). The van der Waals surface area contributed by atoms with Crippen molar-refractivity contribution in [1.29, 1.82) is 0 Å². The molecule has 0 aromatic heterocycles. The van der Waals surface area contributed by atoms with Crippen LogP contribution in [0.3, 0.4) is 0 Å². The highest BCUT2D eigenvalue weighted by Crippen LogP contribution is 2.06. The van der Waals surface area contributed by atoms with Gasteiger partial charge in [0.1, 0.15) is 0 Å². The van der Waals surface area contributed by atoms with E-state index in [4.69, 9.17) is 0 Å². The summed E-state index contributed by atoms with van der Waals surface area (Å²) in [6.45, 7) is 0.505. The van der Waals surface area contributed by atoms with Crippen LogP contribution in [0.4, 0.5) is 4.79 Å². The number of urea groups is 1. The molecule has 1 aliphatic rings. The van der Waals surface area contributed by atoms with Gasteiger partial charge in [-0.2, -0.15) is 0 Å². The van der Waals surface area contributed by atoms with Crippen LogP contribution >= 0.6 is 0 Å². The van der Waals surface area contributed by atoms with E-state index in [0.29, 0.717) is 13.0 Å². The zero-order valence-electron chi connectivity index (χ0n) is 7.72. The number of carbonyl (C=O) groups excluding carboxylic acids is 2. The normalized spacial score (nSPS) is 21.9. The molecule has 1 heterocycles. The van der Waals surface area contributed by atoms with Crippen molar-refractivity contribution in [2.75, 3.05) is 13.6 Å². The van der Waals surface area contributed by atoms with Gasteiger partial charge in [0, 0.05) is 26.1 Å². The SMILES string of the molecule is CNC(=O)NCC1CCCC(=O)N1. The summed E-state index contributed by atoms with van der Waals surface area (Å²) in [5.74, 6) is 0.0787. The quantitative estimate of drug-likeness (QED) is 0.547. The number of hydrogen-bond acceptors (Lipinski definition) is 2. The second kappa shape index (κ2) is 4.69. The molecule has 1 rings (SSSR count). The van der Waals surface area contributed by atoms with Gasteiger partial charge in [-0.05, 0) is 12.8 Å². The fraction of sp³-hybridized carbons (Fsp3) is 0.750. The summed E-state index contributed by atoms with van der Waals surface area (Å²) < 4.78 is 0. The lowest BCUT2D eigenvalue weighted by molar-refractivity contribution is -0.123. The maximum absolute atomic E-state index is 10.9. The summed E-state index contributed by atoms with van der Waals surface area (Å²) in [5, 5.41) is 7.93. The van der Waals surface area contributed by atoms with E-state index in [0.717, 1.165) is 12.8 Å². The third kappa shape index (κ3) is 3.31. The summed E-state index contributed by atoms with van der Waals surface area (Å²) in [6.07, 6.45) is 2.46. The van der Waals surface area contributed by atoms with Crippen LogP contribution in [0, 0.1) is 0 Å². The summed E-state index contributed by atoms with van der Waals surface area (Å²) in [6, 6.07) is -0.113. The van der Waals surface area contributed by atoms with Crippen molar-refractivity contribution in [3.8, 4) is 0 Å². The van der Waals surface area contributed by atoms with Crippen molar-refractivity contribution in [2.24, 2.45) is 0 Å². The van der Waals surface area contributed by atoms with E-state index in [9.17, 15) is 9.59 Å². The third-order valence-electron chi connectivity index (χ3n) is 2.06. The summed E-state index contributed by atoms with van der Waals surface area (Å²) >= 11 is 0. The van der Waals surface area contributed by atoms with Crippen molar-refractivity contribution in [1.82, 2.24) is 16.0 Å². The van der Waals surface area contributed by atoms with Gasteiger partial charge in [-0.15, -0.1) is 0 Å². The maximum atomic E-state index is 10.9. The Morgan fingerprint density at radius 2 is 2.46 bits per heavy atom. The van der Waals surface area contributed by atoms with E-state index < -0.39 is 0 Å². The Morgan fingerprint density at radius 3 is 3.08 bits per heavy atom. The molecule has 0 saturated carbocycles. The number of amides is 3. The van der Waals surface area contributed by atoms with E-state index in [1.165, 1.54) is 0 Å². The van der Waals surface area contributed by atoms with E-state index in [1.54, 1.807) is 7.05 Å². The fourth-order valence-electron chi connectivity index (χ4n) is 1.34. The van der Waals surface area contributed by atoms with Crippen LogP contribution in [0.5, 0.6) is 0 Å². The lowest BCUT2D eigenvalue weighted by Gasteiger charge is -2.23. The molecule has 1 atom stereocenters. The first-order valence-electron chi connectivity index (χ1n) is 4.47. The largest absolute Gasteiger partial charge is 0.352 e. The molecule has 0 aromatic rings. The number of nitrogens with one attached hydrogen (secondary N) is 3. The average molecular weight is 185 g/mol. The first-order chi connectivity index (χ1) is 6.22. The maximum Gasteiger partial charge on any atom is 0.314 e. The molecule has 3 N–H and O–H groups in total. The van der Waals surface area contributed by atoms with E-state index in [-0.39, 0.29) is 18.0 Å². The van der Waals surface area contributed by atoms with Gasteiger partial charge in [-0.3, -0.25) is 4.79 Å². The van der Waals surface area contributed by atoms with Crippen LogP contribution in [-0.4, -0.2) is 31.6 Å². The second-order valence-electron chi connectivity index (χ2n) is 3.12. The summed E-state index contributed by atoms with van der Waals surface area (Å²) in [7, 11) is 1.56. The molecule has 0 radical (unpaired) electrons. The van der Waals surface area contributed by atoms with Gasteiger partial charge in [0.2, 0.25) is 5.91 Å². The van der Waals surface area contributed by atoms with Crippen molar-refractivity contribution < 1.29 is 9.59 Å². The van der Waals surface area contributed by atoms with Crippen molar-refractivity contribution in [2.45, 2.75) is 25.3 Å². The third-order valence-corrected chi connectivity index (χ3v) is 2.06. The Labute approximate surface area is 77.3 Å². The number of piperidine rings is 1. The molecule has 13 heavy (non-hydrogen) atoms. The lowest BCUT2D eigenvalue weighted by Crippen LogP contribution is -2.47. The van der Waals surface area contributed by atoms with Gasteiger partial charge in [-0.1, -0.05) is 0 Å². The average Bonchev–Trinajstić information content (AvgIpc) is 2.14. The Hall–Kier alpha value is -1.26. The van der Waals surface area contributed by atoms with Crippen molar-refractivity contribution in [3.63, 3.8) is 0 Å². The Bertz CT molecular complexity index is 206. The molecule has 1 fully saturated rings. The van der Waals surface area contributed by atoms with Crippen LogP contribution in [-0.2, 0) is 4.79 Å². The Kier molecular flexibility index (Phi) is 3.54. The monoisotopic (exact) mass is 185 g/mol. The van der Waals surface area contributed by atoms with Crippen LogP contribution in [0.2, 0.25) is 0 Å². The first-order valence-corrected chi connectivity index (χ1v) is 4.47. The van der Waals surface area contributed by atoms with Gasteiger partial charge < -0.3 is 16.0 Å². The predicted octanol–water partition coefficient (Wildman–Crippen LogP) is -0.416. The number of hydrogen-bond donors (Lipinski definition) is 3. The molecule has 5 heteroatoms. The molecule has 0 aliphatic carbocycles. The van der Waals surface area contributed by atoms with Crippen LogP contribution in [0.15, 0.2) is 0 Å². The number of carbonyl (C=O) groups is 2. The molecule has 5 nitrogen and oxygen atoms in total. The van der Waals surface area contributed by atoms with Crippen LogP contribution in [0.25, 0.3) is 0 Å². The highest BCUT2D eigenvalue weighted by Gasteiger charge is 2.17. The van der Waals surface area contributed by atoms with Crippen LogP contribution in [0.1, 0.15) is 19.3 Å². The predicted molar refractivity (Wildman–Crippen MR) is 48.2 cm³/mol. The van der Waals surface area contributed by atoms with Crippen LogP contribution < -0.4 is 16.0 Å². The lowest BCUT2D eigenvalue weighted by atomic mass is 10.0. The molecule has 1 aliphatic heterocycles. The molecule has 0 bridgehead atoms. The second-order valence-corrected chi connectivity index (χ2v) is 3.12. The zero-order valence-corrected chi connectivity index (χ0v) is 7.72. The highest BCUT2D eigenvalue weighted by molar-refractivity contribution is 5.77. The molecule has 1 saturated heterocycles. The van der Waals surface area contributed by atoms with E-state index >= 15 is 0 Å². The molecular formula is C8H15N3O2. The summed E-state index contributed by atoms with van der Waals surface area (Å²) in [5.41, 5.74) is 0. The Morgan fingerprint density at radius 1 is 1.69 bits per heavy atom. The van der Waals surface area contributed by atoms with Crippen molar-refractivity contribution in [3.05, 3.63) is 0 Å². The first kappa shape index (κ1) is 9.83. The van der Waals surface area contributed by atoms with Gasteiger partial charge in [-0.25, -0.2) is 4.79 Å². The summed E-state index contributed by atoms with van der Waals surface area (Å²) in [4.78, 5) is 21.7. The molecule has 0 spiro atoms. The topological polar surface area (TPSA) is 70.2 Å². The van der Waals surface area contributed by atoms with Gasteiger partial charge in [0.15, 0.2) is 0 Å². The van der Waals surface area contributed by atoms with Crippen molar-refractivity contribution >= 4 is 11.9 Å². The minimum Gasteiger partial charge on any atom is -0.352 e. The van der Waals surface area contributed by atoms with E-state index in [1.807, 2.05) is 0 Å². The molecule has 1 unspecified atom stereocenters. The highest BCUT2D eigenvalue weighted by atomic mass is 16.2. The van der Waals surface area contributed by atoms with Gasteiger partial charge in [0.05, 0.1) is 0 Å². The smallest absolute Gasteiger partial charge is 0.314 e. The van der Waals surface area contributed by atoms with Gasteiger partial charge >= 0.3 is 6.03 Å². The molecule has 74 valence electrons. The van der Waals surface area contributed by atoms with E-state index in [2.05, 4.69) is 16.0 Å². The minimum absolute atomic E-state index is 0.0787.